The third-order valence-electron chi connectivity index (χ3n) is 8.37. The molecule has 1 saturated heterocycles. The summed E-state index contributed by atoms with van der Waals surface area (Å²) in [5.41, 5.74) is 0.571. The van der Waals surface area contributed by atoms with Crippen LogP contribution in [0.4, 0.5) is 4.39 Å². The molecule has 1 aliphatic heterocycles. The van der Waals surface area contributed by atoms with E-state index in [2.05, 4.69) is 0 Å². The van der Waals surface area contributed by atoms with Gasteiger partial charge in [0.2, 0.25) is 11.6 Å². The maximum atomic E-state index is 15.2. The molecule has 1 fully saturated rings. The number of phenols is 2. The largest absolute Gasteiger partial charge is 0.507 e. The van der Waals surface area contributed by atoms with Gasteiger partial charge in [0.25, 0.3) is 0 Å². The van der Waals surface area contributed by atoms with Crippen molar-refractivity contribution >= 4 is 23.3 Å². The van der Waals surface area contributed by atoms with E-state index in [0.717, 1.165) is 0 Å². The Bertz CT molecular complexity index is 1580. The number of methoxy groups -OCH3 is 1. The number of ketones is 3. The zero-order valence-corrected chi connectivity index (χ0v) is 24.2. The maximum absolute atomic E-state index is 15.2. The Labute approximate surface area is 255 Å². The molecule has 1 heterocycles. The molecule has 2 aromatic carbocycles. The lowest BCUT2D eigenvalue weighted by atomic mass is 9.72. The number of halogens is 1. The van der Waals surface area contributed by atoms with Gasteiger partial charge in [-0.2, -0.15) is 0 Å². The average Bonchev–Trinajstić information content (AvgIpc) is 3.01. The van der Waals surface area contributed by atoms with Gasteiger partial charge in [-0.15, -0.1) is 0 Å². The minimum atomic E-state index is -2.48. The van der Waals surface area contributed by atoms with Crippen molar-refractivity contribution in [3.8, 4) is 17.2 Å². The quantitative estimate of drug-likeness (QED) is 0.140. The number of phenolic OH excluding ortho intramolecular Hbond substituents is 2. The molecular weight excluding hydrogens is 601 g/mol. The summed E-state index contributed by atoms with van der Waals surface area (Å²) in [4.78, 5) is 52.5. The van der Waals surface area contributed by atoms with Crippen LogP contribution >= 0.6 is 0 Å². The van der Waals surface area contributed by atoms with Crippen LogP contribution < -0.4 is 10.5 Å². The third kappa shape index (κ3) is 5.34. The monoisotopic (exact) mass is 633 g/mol. The first-order valence-corrected chi connectivity index (χ1v) is 14.0. The van der Waals surface area contributed by atoms with E-state index in [1.807, 2.05) is 0 Å². The lowest BCUT2D eigenvalue weighted by Gasteiger charge is -2.43. The summed E-state index contributed by atoms with van der Waals surface area (Å²) < 4.78 is 36.5. The van der Waals surface area contributed by atoms with Crippen LogP contribution in [0.1, 0.15) is 68.8 Å². The fraction of sp³-hybridized carbons (Fsp3) is 0.467. The van der Waals surface area contributed by atoms with E-state index >= 15 is 4.39 Å². The van der Waals surface area contributed by atoms with Gasteiger partial charge in [0.15, 0.2) is 24.9 Å². The molecule has 1 unspecified atom stereocenters. The number of benzene rings is 2. The van der Waals surface area contributed by atoms with Gasteiger partial charge in [-0.05, 0) is 13.0 Å². The van der Waals surface area contributed by atoms with Crippen molar-refractivity contribution in [1.29, 1.82) is 0 Å². The molecule has 7 N–H and O–H groups in total. The molecule has 0 amide bonds. The molecule has 0 saturated carbocycles. The van der Waals surface area contributed by atoms with Gasteiger partial charge in [0.1, 0.15) is 35.1 Å². The zero-order valence-electron chi connectivity index (χ0n) is 24.2. The fourth-order valence-corrected chi connectivity index (χ4v) is 5.98. The van der Waals surface area contributed by atoms with Crippen LogP contribution in [-0.2, 0) is 30.2 Å². The SMILES string of the molecule is COc1cccc2c1C(=O)c1c(O)c3c(c(O)c1C2=O)CC(O)(C(=O)COC(=O)CCN)C[C@H]3O[C@@H]1O[C@@H](C)[C@@H](O)[C@H](O)[C@@H]1F. The zero-order chi connectivity index (χ0) is 33.0. The molecule has 3 aliphatic rings. The van der Waals surface area contributed by atoms with Gasteiger partial charge in [-0.25, -0.2) is 4.39 Å². The number of aliphatic hydroxyl groups is 3. The molecule has 5 rings (SSSR count). The number of hydrogen-bond acceptors (Lipinski definition) is 14. The molecule has 14 nitrogen and oxygen atoms in total. The summed E-state index contributed by atoms with van der Waals surface area (Å²) in [7, 11) is 1.27. The first-order valence-electron chi connectivity index (χ1n) is 14.0. The second-order valence-electron chi connectivity index (χ2n) is 11.2. The van der Waals surface area contributed by atoms with Crippen LogP contribution in [0, 0.1) is 0 Å². The first-order chi connectivity index (χ1) is 21.2. The molecule has 15 heteroatoms. The molecule has 2 aromatic rings. The molecule has 45 heavy (non-hydrogen) atoms. The number of aliphatic hydroxyl groups excluding tert-OH is 2. The van der Waals surface area contributed by atoms with Crippen LogP contribution in [0.3, 0.4) is 0 Å². The minimum absolute atomic E-state index is 0.0162. The van der Waals surface area contributed by atoms with E-state index in [1.54, 1.807) is 0 Å². The average molecular weight is 634 g/mol. The van der Waals surface area contributed by atoms with Gasteiger partial charge < -0.3 is 50.2 Å². The number of alkyl halides is 1. The molecule has 0 radical (unpaired) electrons. The Morgan fingerprint density at radius 1 is 1.09 bits per heavy atom. The lowest BCUT2D eigenvalue weighted by molar-refractivity contribution is -0.294. The smallest absolute Gasteiger partial charge is 0.307 e. The highest BCUT2D eigenvalue weighted by molar-refractivity contribution is 6.31. The predicted octanol–water partition coefficient (Wildman–Crippen LogP) is -0.117. The van der Waals surface area contributed by atoms with Gasteiger partial charge in [-0.1, -0.05) is 12.1 Å². The van der Waals surface area contributed by atoms with Crippen LogP contribution in [0.2, 0.25) is 0 Å². The first kappa shape index (κ1) is 32.4. The van der Waals surface area contributed by atoms with Gasteiger partial charge in [0, 0.05) is 36.1 Å². The number of carbonyl (C=O) groups is 4. The molecular formula is C30H32FNO13. The fourth-order valence-electron chi connectivity index (χ4n) is 5.98. The normalized spacial score (nSPS) is 29.0. The van der Waals surface area contributed by atoms with E-state index in [4.69, 9.17) is 24.7 Å². The highest BCUT2D eigenvalue weighted by Crippen LogP contribution is 2.52. The summed E-state index contributed by atoms with van der Waals surface area (Å²) in [5.74, 6) is -5.33. The molecule has 242 valence electrons. The number of Topliss-reactive ketones (excluding diaryl/α,β-unsaturated/α-hetero) is 1. The van der Waals surface area contributed by atoms with Gasteiger partial charge >= 0.3 is 5.97 Å². The van der Waals surface area contributed by atoms with E-state index in [-0.39, 0.29) is 41.0 Å². The summed E-state index contributed by atoms with van der Waals surface area (Å²) in [6.07, 6.45) is -12.4. The number of rotatable bonds is 8. The highest BCUT2D eigenvalue weighted by atomic mass is 19.1. The van der Waals surface area contributed by atoms with E-state index in [9.17, 15) is 44.7 Å². The number of hydrogen-bond donors (Lipinski definition) is 6. The number of nitrogens with two attached hydrogens (primary N) is 1. The molecule has 0 bridgehead atoms. The minimum Gasteiger partial charge on any atom is -0.507 e. The number of fused-ring (bicyclic) bond motifs is 3. The van der Waals surface area contributed by atoms with Crippen molar-refractivity contribution in [2.75, 3.05) is 20.3 Å². The molecule has 7 atom stereocenters. The topological polar surface area (TPSA) is 232 Å². The van der Waals surface area contributed by atoms with Crippen molar-refractivity contribution in [3.05, 3.63) is 51.6 Å². The van der Waals surface area contributed by atoms with Crippen LogP contribution in [-0.4, -0.2) is 105 Å². The highest BCUT2D eigenvalue weighted by Gasteiger charge is 2.52. The maximum Gasteiger partial charge on any atom is 0.307 e. The van der Waals surface area contributed by atoms with E-state index < -0.39 is 108 Å². The predicted molar refractivity (Wildman–Crippen MR) is 148 cm³/mol. The lowest BCUT2D eigenvalue weighted by Crippen LogP contribution is -2.56. The summed E-state index contributed by atoms with van der Waals surface area (Å²) in [6.45, 7) is 0.341. The van der Waals surface area contributed by atoms with Crippen molar-refractivity contribution in [3.63, 3.8) is 0 Å². The second kappa shape index (κ2) is 12.1. The Morgan fingerprint density at radius 3 is 2.44 bits per heavy atom. The third-order valence-corrected chi connectivity index (χ3v) is 8.37. The van der Waals surface area contributed by atoms with Crippen LogP contribution in [0.25, 0.3) is 0 Å². The van der Waals surface area contributed by atoms with E-state index in [0.29, 0.717) is 0 Å². The summed E-state index contributed by atoms with van der Waals surface area (Å²) >= 11 is 0. The summed E-state index contributed by atoms with van der Waals surface area (Å²) in [5, 5.41) is 54.8. The molecule has 2 aliphatic carbocycles. The van der Waals surface area contributed by atoms with Crippen molar-refractivity contribution < 1.29 is 68.0 Å². The Hall–Kier alpha value is -3.99. The number of carbonyl (C=O) groups excluding carboxylic acids is 4. The second-order valence-corrected chi connectivity index (χ2v) is 11.2. The molecule has 0 aromatic heterocycles. The summed E-state index contributed by atoms with van der Waals surface area (Å²) in [6, 6.07) is 4.19. The number of esters is 1. The number of aromatic hydroxyl groups is 2. The van der Waals surface area contributed by atoms with Crippen molar-refractivity contribution in [2.45, 2.75) is 68.7 Å². The molecule has 0 spiro atoms. The number of ether oxygens (including phenoxy) is 4. The van der Waals surface area contributed by atoms with Gasteiger partial charge in [0.05, 0.1) is 42.4 Å². The Kier molecular flexibility index (Phi) is 8.70. The van der Waals surface area contributed by atoms with E-state index in [1.165, 1.54) is 32.2 Å². The Morgan fingerprint density at radius 2 is 1.78 bits per heavy atom. The standard InChI is InChI=1S/C30H32FNO13/c1-11-23(35)28(40)22(31)29(44-11)45-15-9-30(41,16(33)10-43-17(34)6-7-32)8-13-19(15)27(39)21-20(25(13)37)24(36)12-4-3-5-14(42-2)18(12)26(21)38/h3-5,11,15,22-23,28-29,35,37,39-41H,6-10,32H2,1-2H3/t11-,15+,22-,23+,28+,29-,30?/m0/s1. The Balaban J connectivity index is 1.64. The van der Waals surface area contributed by atoms with Crippen LogP contribution in [0.5, 0.6) is 17.2 Å². The van der Waals surface area contributed by atoms with Crippen molar-refractivity contribution in [2.24, 2.45) is 5.73 Å². The van der Waals surface area contributed by atoms with Gasteiger partial charge in [-0.3, -0.25) is 19.2 Å². The van der Waals surface area contributed by atoms with Crippen LogP contribution in [0.15, 0.2) is 18.2 Å². The van der Waals surface area contributed by atoms with Crippen molar-refractivity contribution in [1.82, 2.24) is 0 Å².